The van der Waals surface area contributed by atoms with Crippen LogP contribution >= 0.6 is 0 Å². The molecule has 4 nitrogen and oxygen atoms in total. The lowest BCUT2D eigenvalue weighted by atomic mass is 10.0. The average Bonchev–Trinajstić information content (AvgIpc) is 3.15. The third kappa shape index (κ3) is 4.31. The predicted molar refractivity (Wildman–Crippen MR) is 82.6 cm³/mol. The van der Waals surface area contributed by atoms with Gasteiger partial charge in [0, 0.05) is 17.3 Å². The fraction of sp³-hybridized carbons (Fsp3) is 0.529. The summed E-state index contributed by atoms with van der Waals surface area (Å²) in [5.41, 5.74) is 1.37. The number of benzene rings is 1. The minimum atomic E-state index is -1.09. The largest absolute Gasteiger partial charge is 0.481 e. The quantitative estimate of drug-likeness (QED) is 0.567. The molecule has 0 heterocycles. The molecule has 0 aromatic heterocycles. The lowest BCUT2D eigenvalue weighted by Gasteiger charge is -2.20. The second-order valence-electron chi connectivity index (χ2n) is 5.99. The van der Waals surface area contributed by atoms with Gasteiger partial charge in [0.2, 0.25) is 0 Å². The number of aliphatic carboxylic acids is 1. The van der Waals surface area contributed by atoms with Crippen LogP contribution in [0.5, 0.6) is 0 Å². The van der Waals surface area contributed by atoms with Crippen molar-refractivity contribution < 1.29 is 14.7 Å². The number of carbonyl (C=O) groups excluding carboxylic acids is 1. The van der Waals surface area contributed by atoms with Gasteiger partial charge in [-0.1, -0.05) is 32.4 Å². The number of hydrogen-bond acceptors (Lipinski definition) is 3. The minimum absolute atomic E-state index is 0.349. The van der Waals surface area contributed by atoms with Gasteiger partial charge in [0.05, 0.1) is 0 Å². The zero-order valence-electron chi connectivity index (χ0n) is 12.6. The summed E-state index contributed by atoms with van der Waals surface area (Å²) in [6.45, 7) is 4.44. The Labute approximate surface area is 125 Å². The SMILES string of the molecule is CCCC(Nc1cccc(C(=O)CC(=O)O)c1)C1CC1C. The highest BCUT2D eigenvalue weighted by Gasteiger charge is 2.38. The van der Waals surface area contributed by atoms with Crippen molar-refractivity contribution >= 4 is 17.4 Å². The van der Waals surface area contributed by atoms with E-state index < -0.39 is 12.4 Å². The number of ketones is 1. The minimum Gasteiger partial charge on any atom is -0.481 e. The lowest BCUT2D eigenvalue weighted by Crippen LogP contribution is -2.22. The number of nitrogens with one attached hydrogen (secondary N) is 1. The van der Waals surface area contributed by atoms with Crippen LogP contribution in [0.4, 0.5) is 5.69 Å². The van der Waals surface area contributed by atoms with Crippen LogP contribution in [0.2, 0.25) is 0 Å². The van der Waals surface area contributed by atoms with Crippen LogP contribution in [-0.2, 0) is 4.79 Å². The summed E-state index contributed by atoms with van der Waals surface area (Å²) in [4.78, 5) is 22.4. The molecule has 1 saturated carbocycles. The smallest absolute Gasteiger partial charge is 0.311 e. The molecule has 4 heteroatoms. The molecule has 0 saturated heterocycles. The van der Waals surface area contributed by atoms with E-state index in [1.807, 2.05) is 6.07 Å². The number of carbonyl (C=O) groups is 2. The van der Waals surface area contributed by atoms with E-state index in [2.05, 4.69) is 19.2 Å². The Morgan fingerprint density at radius 1 is 1.43 bits per heavy atom. The summed E-state index contributed by atoms with van der Waals surface area (Å²) >= 11 is 0. The molecular weight excluding hydrogens is 266 g/mol. The van der Waals surface area contributed by atoms with Crippen molar-refractivity contribution in [3.05, 3.63) is 29.8 Å². The summed E-state index contributed by atoms with van der Waals surface area (Å²) in [7, 11) is 0. The van der Waals surface area contributed by atoms with Gasteiger partial charge in [0.15, 0.2) is 5.78 Å². The van der Waals surface area contributed by atoms with E-state index in [0.717, 1.165) is 24.4 Å². The Kier molecular flexibility index (Phi) is 4.99. The highest BCUT2D eigenvalue weighted by Crippen LogP contribution is 2.43. The summed E-state index contributed by atoms with van der Waals surface area (Å²) in [5.74, 6) is 0.0428. The molecule has 0 bridgehead atoms. The standard InChI is InChI=1S/C17H23NO3/c1-3-5-15(14-8-11(14)2)18-13-7-4-6-12(9-13)16(19)10-17(20)21/h4,6-7,9,11,14-15,18H,3,5,8,10H2,1-2H3,(H,20,21). The van der Waals surface area contributed by atoms with Crippen LogP contribution in [0, 0.1) is 11.8 Å². The van der Waals surface area contributed by atoms with Gasteiger partial charge >= 0.3 is 5.97 Å². The van der Waals surface area contributed by atoms with Gasteiger partial charge in [-0.15, -0.1) is 0 Å². The lowest BCUT2D eigenvalue weighted by molar-refractivity contribution is -0.135. The zero-order valence-corrected chi connectivity index (χ0v) is 12.6. The molecule has 0 spiro atoms. The van der Waals surface area contributed by atoms with Crippen LogP contribution in [-0.4, -0.2) is 22.9 Å². The second-order valence-corrected chi connectivity index (χ2v) is 5.99. The molecule has 1 fully saturated rings. The number of rotatable bonds is 8. The molecular formula is C17H23NO3. The summed E-state index contributed by atoms with van der Waals surface area (Å²) in [5, 5.41) is 12.2. The molecule has 0 radical (unpaired) electrons. The first-order valence-corrected chi connectivity index (χ1v) is 7.62. The molecule has 0 amide bonds. The van der Waals surface area contributed by atoms with Gasteiger partial charge in [-0.2, -0.15) is 0 Å². The van der Waals surface area contributed by atoms with E-state index >= 15 is 0 Å². The number of carboxylic acid groups (broad SMARTS) is 1. The van der Waals surface area contributed by atoms with Crippen molar-refractivity contribution in [3.8, 4) is 0 Å². The van der Waals surface area contributed by atoms with E-state index in [9.17, 15) is 9.59 Å². The average molecular weight is 289 g/mol. The third-order valence-corrected chi connectivity index (χ3v) is 4.14. The van der Waals surface area contributed by atoms with Crippen molar-refractivity contribution in [2.24, 2.45) is 11.8 Å². The molecule has 1 aliphatic rings. The first-order chi connectivity index (χ1) is 10.0. The second kappa shape index (κ2) is 6.74. The summed E-state index contributed by atoms with van der Waals surface area (Å²) in [6, 6.07) is 7.62. The van der Waals surface area contributed by atoms with Crippen LogP contribution in [0.25, 0.3) is 0 Å². The highest BCUT2D eigenvalue weighted by molar-refractivity contribution is 6.05. The van der Waals surface area contributed by atoms with Gasteiger partial charge < -0.3 is 10.4 Å². The molecule has 1 aromatic carbocycles. The summed E-state index contributed by atoms with van der Waals surface area (Å²) < 4.78 is 0. The van der Waals surface area contributed by atoms with E-state index in [1.54, 1.807) is 18.2 Å². The normalized spacial score (nSPS) is 21.6. The van der Waals surface area contributed by atoms with E-state index in [0.29, 0.717) is 17.5 Å². The first kappa shape index (κ1) is 15.5. The Balaban J connectivity index is 2.05. The first-order valence-electron chi connectivity index (χ1n) is 7.62. The van der Waals surface area contributed by atoms with Crippen LogP contribution in [0.15, 0.2) is 24.3 Å². The Hall–Kier alpha value is -1.84. The van der Waals surface area contributed by atoms with Gasteiger partial charge in [-0.3, -0.25) is 9.59 Å². The van der Waals surface area contributed by atoms with Gasteiger partial charge in [0.1, 0.15) is 6.42 Å². The monoisotopic (exact) mass is 289 g/mol. The van der Waals surface area contributed by atoms with Crippen molar-refractivity contribution in [2.75, 3.05) is 5.32 Å². The van der Waals surface area contributed by atoms with E-state index in [-0.39, 0.29) is 5.78 Å². The maximum atomic E-state index is 11.8. The van der Waals surface area contributed by atoms with Crippen molar-refractivity contribution in [2.45, 2.75) is 45.6 Å². The molecule has 3 unspecified atom stereocenters. The zero-order chi connectivity index (χ0) is 15.4. The fourth-order valence-corrected chi connectivity index (χ4v) is 2.85. The molecule has 1 aromatic rings. The van der Waals surface area contributed by atoms with Crippen LogP contribution < -0.4 is 5.32 Å². The van der Waals surface area contributed by atoms with Gasteiger partial charge in [0.25, 0.3) is 0 Å². The third-order valence-electron chi connectivity index (χ3n) is 4.14. The number of carboxylic acids is 1. The van der Waals surface area contributed by atoms with Gasteiger partial charge in [-0.25, -0.2) is 0 Å². The molecule has 21 heavy (non-hydrogen) atoms. The molecule has 0 aliphatic heterocycles. The van der Waals surface area contributed by atoms with E-state index in [1.165, 1.54) is 6.42 Å². The van der Waals surface area contributed by atoms with Gasteiger partial charge in [-0.05, 0) is 36.8 Å². The van der Waals surface area contributed by atoms with E-state index in [4.69, 9.17) is 5.11 Å². The molecule has 2 rings (SSSR count). The Morgan fingerprint density at radius 3 is 2.71 bits per heavy atom. The maximum absolute atomic E-state index is 11.8. The van der Waals surface area contributed by atoms with Crippen molar-refractivity contribution in [1.82, 2.24) is 0 Å². The maximum Gasteiger partial charge on any atom is 0.311 e. The summed E-state index contributed by atoms with van der Waals surface area (Å²) in [6.07, 6.45) is 3.04. The Morgan fingerprint density at radius 2 is 2.14 bits per heavy atom. The molecule has 3 atom stereocenters. The number of hydrogen-bond donors (Lipinski definition) is 2. The Bertz CT molecular complexity index is 527. The molecule has 1 aliphatic carbocycles. The van der Waals surface area contributed by atoms with Crippen molar-refractivity contribution in [1.29, 1.82) is 0 Å². The number of anilines is 1. The van der Waals surface area contributed by atoms with Crippen LogP contribution in [0.3, 0.4) is 0 Å². The fourth-order valence-electron chi connectivity index (χ4n) is 2.85. The van der Waals surface area contributed by atoms with Crippen molar-refractivity contribution in [3.63, 3.8) is 0 Å². The van der Waals surface area contributed by atoms with Crippen LogP contribution in [0.1, 0.15) is 49.9 Å². The number of Topliss-reactive ketones (excluding diaryl/α,β-unsaturated/α-hetero) is 1. The predicted octanol–water partition coefficient (Wildman–Crippen LogP) is 3.58. The topological polar surface area (TPSA) is 66.4 Å². The highest BCUT2D eigenvalue weighted by atomic mass is 16.4. The molecule has 2 N–H and O–H groups in total. The molecule has 114 valence electrons.